The van der Waals surface area contributed by atoms with Crippen LogP contribution in [0.15, 0.2) is 0 Å². The lowest BCUT2D eigenvalue weighted by Crippen LogP contribution is -2.54. The molecule has 2 fully saturated rings. The van der Waals surface area contributed by atoms with Crippen LogP contribution in [0.4, 0.5) is 4.79 Å². The van der Waals surface area contributed by atoms with Crippen molar-refractivity contribution in [3.05, 3.63) is 0 Å². The van der Waals surface area contributed by atoms with E-state index in [9.17, 15) is 9.59 Å². The van der Waals surface area contributed by atoms with Gasteiger partial charge >= 0.3 is 12.0 Å². The van der Waals surface area contributed by atoms with Crippen molar-refractivity contribution < 1.29 is 19.4 Å². The number of carboxylic acid groups (broad SMARTS) is 1. The standard InChI is InChI=1S/C12H20N2O4/c1-9-3-2-4-13(7-9)12(17)14-5-6-18-10(8-14)11(15)16/h9-10H,2-8H2,1H3,(H,15,16). The second-order valence-electron chi connectivity index (χ2n) is 5.12. The van der Waals surface area contributed by atoms with Crippen molar-refractivity contribution in [1.29, 1.82) is 0 Å². The Morgan fingerprint density at radius 3 is 2.61 bits per heavy atom. The van der Waals surface area contributed by atoms with Gasteiger partial charge in [0.1, 0.15) is 0 Å². The van der Waals surface area contributed by atoms with Crippen molar-refractivity contribution in [1.82, 2.24) is 9.80 Å². The van der Waals surface area contributed by atoms with Gasteiger partial charge in [-0.1, -0.05) is 6.92 Å². The van der Waals surface area contributed by atoms with Crippen LogP contribution in [-0.4, -0.2) is 65.8 Å². The van der Waals surface area contributed by atoms with Crippen LogP contribution in [0.5, 0.6) is 0 Å². The van der Waals surface area contributed by atoms with Crippen LogP contribution in [0.3, 0.4) is 0 Å². The number of carboxylic acids is 1. The number of urea groups is 1. The van der Waals surface area contributed by atoms with Gasteiger partial charge in [-0.05, 0) is 18.8 Å². The number of piperidine rings is 1. The molecule has 0 aromatic rings. The molecule has 102 valence electrons. The molecule has 6 nitrogen and oxygen atoms in total. The molecule has 1 N–H and O–H groups in total. The number of aliphatic carboxylic acids is 1. The molecule has 2 rings (SSSR count). The summed E-state index contributed by atoms with van der Waals surface area (Å²) in [7, 11) is 0. The first kappa shape index (κ1) is 13.1. The minimum absolute atomic E-state index is 0.0453. The fourth-order valence-corrected chi connectivity index (χ4v) is 2.54. The molecule has 18 heavy (non-hydrogen) atoms. The predicted octanol–water partition coefficient (Wildman–Crippen LogP) is 0.624. The number of rotatable bonds is 1. The molecule has 0 saturated carbocycles. The predicted molar refractivity (Wildman–Crippen MR) is 64.3 cm³/mol. The van der Waals surface area contributed by atoms with E-state index in [4.69, 9.17) is 9.84 Å². The Labute approximate surface area is 106 Å². The molecule has 6 heteroatoms. The van der Waals surface area contributed by atoms with Crippen LogP contribution in [0.1, 0.15) is 19.8 Å². The van der Waals surface area contributed by atoms with Gasteiger partial charge in [0, 0.05) is 19.6 Å². The van der Waals surface area contributed by atoms with Crippen molar-refractivity contribution in [3.63, 3.8) is 0 Å². The van der Waals surface area contributed by atoms with Gasteiger partial charge in [-0.2, -0.15) is 0 Å². The topological polar surface area (TPSA) is 70.1 Å². The summed E-state index contributed by atoms with van der Waals surface area (Å²) in [5.41, 5.74) is 0. The lowest BCUT2D eigenvalue weighted by atomic mass is 10.0. The summed E-state index contributed by atoms with van der Waals surface area (Å²) in [6.07, 6.45) is 1.30. The molecular weight excluding hydrogens is 236 g/mol. The molecule has 0 aromatic heterocycles. The zero-order valence-electron chi connectivity index (χ0n) is 10.7. The summed E-state index contributed by atoms with van der Waals surface area (Å²) in [6.45, 7) is 4.61. The lowest BCUT2D eigenvalue weighted by Gasteiger charge is -2.38. The summed E-state index contributed by atoms with van der Waals surface area (Å²) in [4.78, 5) is 26.6. The molecule has 0 aliphatic carbocycles. The fraction of sp³-hybridized carbons (Fsp3) is 0.833. The summed E-state index contributed by atoms with van der Waals surface area (Å²) in [6, 6.07) is -0.0453. The molecule has 2 aliphatic rings. The fourth-order valence-electron chi connectivity index (χ4n) is 2.54. The average molecular weight is 256 g/mol. The number of nitrogens with zero attached hydrogens (tertiary/aromatic N) is 2. The number of ether oxygens (including phenoxy) is 1. The number of carbonyl (C=O) groups is 2. The van der Waals surface area contributed by atoms with Gasteiger partial charge in [0.15, 0.2) is 6.10 Å². The molecule has 2 atom stereocenters. The van der Waals surface area contributed by atoms with Crippen LogP contribution in [0.25, 0.3) is 0 Å². The molecule has 0 radical (unpaired) electrons. The molecule has 2 heterocycles. The van der Waals surface area contributed by atoms with Gasteiger partial charge in [-0.15, -0.1) is 0 Å². The Balaban J connectivity index is 1.93. The number of carbonyl (C=O) groups excluding carboxylic acids is 1. The maximum Gasteiger partial charge on any atom is 0.334 e. The van der Waals surface area contributed by atoms with E-state index >= 15 is 0 Å². The van der Waals surface area contributed by atoms with Crippen LogP contribution >= 0.6 is 0 Å². The van der Waals surface area contributed by atoms with Crippen LogP contribution in [0, 0.1) is 5.92 Å². The first-order chi connectivity index (χ1) is 8.58. The minimum Gasteiger partial charge on any atom is -0.479 e. The normalized spacial score (nSPS) is 29.2. The van der Waals surface area contributed by atoms with E-state index in [1.807, 2.05) is 4.90 Å². The summed E-state index contributed by atoms with van der Waals surface area (Å²) in [5, 5.41) is 8.91. The Kier molecular flexibility index (Phi) is 4.06. The average Bonchev–Trinajstić information content (AvgIpc) is 2.38. The van der Waals surface area contributed by atoms with Crippen molar-refractivity contribution in [3.8, 4) is 0 Å². The van der Waals surface area contributed by atoms with Crippen molar-refractivity contribution in [2.75, 3.05) is 32.8 Å². The highest BCUT2D eigenvalue weighted by Crippen LogP contribution is 2.18. The molecule has 2 saturated heterocycles. The van der Waals surface area contributed by atoms with E-state index in [-0.39, 0.29) is 12.6 Å². The van der Waals surface area contributed by atoms with E-state index in [1.54, 1.807) is 4.90 Å². The smallest absolute Gasteiger partial charge is 0.334 e. The van der Waals surface area contributed by atoms with Gasteiger partial charge in [0.25, 0.3) is 0 Å². The zero-order chi connectivity index (χ0) is 13.1. The maximum absolute atomic E-state index is 12.3. The van der Waals surface area contributed by atoms with Gasteiger partial charge in [-0.3, -0.25) is 0 Å². The Hall–Kier alpha value is -1.30. The third-order valence-electron chi connectivity index (χ3n) is 3.54. The largest absolute Gasteiger partial charge is 0.479 e. The van der Waals surface area contributed by atoms with E-state index < -0.39 is 12.1 Å². The highest BCUT2D eigenvalue weighted by atomic mass is 16.5. The minimum atomic E-state index is -1.00. The zero-order valence-corrected chi connectivity index (χ0v) is 10.7. The molecule has 2 amide bonds. The highest BCUT2D eigenvalue weighted by Gasteiger charge is 2.32. The van der Waals surface area contributed by atoms with E-state index in [0.29, 0.717) is 19.1 Å². The molecule has 0 spiro atoms. The van der Waals surface area contributed by atoms with E-state index in [0.717, 1.165) is 25.9 Å². The van der Waals surface area contributed by atoms with Crippen molar-refractivity contribution >= 4 is 12.0 Å². The first-order valence-electron chi connectivity index (χ1n) is 6.46. The van der Waals surface area contributed by atoms with Crippen molar-refractivity contribution in [2.45, 2.75) is 25.9 Å². The Morgan fingerprint density at radius 2 is 1.94 bits per heavy atom. The molecule has 2 aliphatic heterocycles. The first-order valence-corrected chi connectivity index (χ1v) is 6.46. The Morgan fingerprint density at radius 1 is 1.22 bits per heavy atom. The SMILES string of the molecule is CC1CCCN(C(=O)N2CCOC(C(=O)O)C2)C1. The number of amides is 2. The molecule has 0 aromatic carbocycles. The molecule has 0 bridgehead atoms. The number of morpholine rings is 1. The molecular formula is C12H20N2O4. The second-order valence-corrected chi connectivity index (χ2v) is 5.12. The number of likely N-dealkylation sites (tertiary alicyclic amines) is 1. The summed E-state index contributed by atoms with van der Waals surface area (Å²) >= 11 is 0. The maximum atomic E-state index is 12.3. The summed E-state index contributed by atoms with van der Waals surface area (Å²) < 4.78 is 5.12. The lowest BCUT2D eigenvalue weighted by molar-refractivity contribution is -0.154. The number of hydrogen-bond donors (Lipinski definition) is 1. The highest BCUT2D eigenvalue weighted by molar-refractivity contribution is 5.77. The van der Waals surface area contributed by atoms with E-state index in [1.165, 1.54) is 0 Å². The van der Waals surface area contributed by atoms with Gasteiger partial charge in [-0.25, -0.2) is 9.59 Å². The second kappa shape index (κ2) is 5.56. The van der Waals surface area contributed by atoms with Crippen LogP contribution < -0.4 is 0 Å². The van der Waals surface area contributed by atoms with Crippen molar-refractivity contribution in [2.24, 2.45) is 5.92 Å². The Bertz CT molecular complexity index is 334. The van der Waals surface area contributed by atoms with Gasteiger partial charge in [0.2, 0.25) is 0 Å². The van der Waals surface area contributed by atoms with Gasteiger partial charge in [0.05, 0.1) is 13.2 Å². The van der Waals surface area contributed by atoms with Crippen LogP contribution in [-0.2, 0) is 9.53 Å². The van der Waals surface area contributed by atoms with Gasteiger partial charge < -0.3 is 19.6 Å². The van der Waals surface area contributed by atoms with Crippen LogP contribution in [0.2, 0.25) is 0 Å². The summed E-state index contributed by atoms with van der Waals surface area (Å²) in [5.74, 6) is -0.474. The van der Waals surface area contributed by atoms with E-state index in [2.05, 4.69) is 6.92 Å². The monoisotopic (exact) mass is 256 g/mol. The third kappa shape index (κ3) is 2.93. The molecule has 2 unspecified atom stereocenters. The third-order valence-corrected chi connectivity index (χ3v) is 3.54. The quantitative estimate of drug-likeness (QED) is 0.747. The number of hydrogen-bond acceptors (Lipinski definition) is 3.